The number of rotatable bonds is 12. The number of fused-ring (bicyclic) bond motifs is 1. The van der Waals surface area contributed by atoms with Gasteiger partial charge in [-0.05, 0) is 103 Å². The van der Waals surface area contributed by atoms with Crippen molar-refractivity contribution < 1.29 is 37.3 Å². The van der Waals surface area contributed by atoms with Crippen LogP contribution in [0.1, 0.15) is 63.2 Å². The van der Waals surface area contributed by atoms with Gasteiger partial charge in [-0.15, -0.1) is 0 Å². The topological polar surface area (TPSA) is 138 Å². The summed E-state index contributed by atoms with van der Waals surface area (Å²) in [4.78, 5) is 32.7. The Hall–Kier alpha value is -3.39. The molecule has 0 spiro atoms. The number of nitrogens with one attached hydrogen (secondary N) is 1. The average molecular weight is 691 g/mol. The van der Waals surface area contributed by atoms with Gasteiger partial charge in [0.1, 0.15) is 11.5 Å². The number of amides is 2. The number of anilines is 1. The van der Waals surface area contributed by atoms with Crippen molar-refractivity contribution in [3.8, 4) is 11.5 Å². The van der Waals surface area contributed by atoms with Gasteiger partial charge in [0, 0.05) is 44.8 Å². The van der Waals surface area contributed by atoms with Gasteiger partial charge in [0.05, 0.1) is 42.4 Å². The van der Waals surface area contributed by atoms with Crippen molar-refractivity contribution in [3.05, 3.63) is 48.0 Å². The number of benzene rings is 2. The van der Waals surface area contributed by atoms with Gasteiger partial charge in [-0.2, -0.15) is 0 Å². The largest absolute Gasteiger partial charge is 0.497 e. The van der Waals surface area contributed by atoms with Crippen molar-refractivity contribution in [2.45, 2.75) is 76.0 Å². The maximum atomic E-state index is 14.4. The summed E-state index contributed by atoms with van der Waals surface area (Å²) in [7, 11) is 3.25. The molecule has 48 heavy (non-hydrogen) atoms. The normalized spacial score (nSPS) is 20.3. The summed E-state index contributed by atoms with van der Waals surface area (Å²) >= 11 is 0. The number of aliphatic hydroxyl groups excluding tert-OH is 1. The summed E-state index contributed by atoms with van der Waals surface area (Å²) in [6.07, 6.45) is 2.94. The first-order valence-corrected chi connectivity index (χ1v) is 18.1. The molecule has 1 aliphatic heterocycles. The highest BCUT2D eigenvalue weighted by molar-refractivity contribution is 7.92. The summed E-state index contributed by atoms with van der Waals surface area (Å²) in [5, 5.41) is 10.2. The molecular formula is C35H54N4O8S. The Morgan fingerprint density at radius 2 is 1.83 bits per heavy atom. The van der Waals surface area contributed by atoms with Gasteiger partial charge in [0.25, 0.3) is 15.9 Å². The number of nitrogens with zero attached hydrogens (tertiary/aromatic N) is 3. The van der Waals surface area contributed by atoms with E-state index in [1.54, 1.807) is 48.0 Å². The molecule has 0 aliphatic carbocycles. The van der Waals surface area contributed by atoms with Crippen LogP contribution in [0.15, 0.2) is 47.4 Å². The predicted octanol–water partition coefficient (Wildman–Crippen LogP) is 4.09. The van der Waals surface area contributed by atoms with Crippen molar-refractivity contribution in [2.75, 3.05) is 65.8 Å². The van der Waals surface area contributed by atoms with E-state index < -0.39 is 22.0 Å². The van der Waals surface area contributed by atoms with Crippen molar-refractivity contribution in [1.82, 2.24) is 14.7 Å². The minimum atomic E-state index is -3.98. The molecule has 12 nitrogen and oxygen atoms in total. The lowest BCUT2D eigenvalue weighted by atomic mass is 10.0. The Morgan fingerprint density at radius 3 is 2.48 bits per heavy atom. The fourth-order valence-corrected chi connectivity index (χ4v) is 6.58. The minimum Gasteiger partial charge on any atom is -0.497 e. The summed E-state index contributed by atoms with van der Waals surface area (Å²) < 4.78 is 46.8. The fraction of sp³-hybridized carbons (Fsp3) is 0.600. The molecule has 0 saturated heterocycles. The standard InChI is InChI=1S/C35H54N4O8S/c1-25-22-39(26(2)24-40)35(42)31-21-28(36-48(43,44)30-16-14-29(45-7)15-17-30)13-18-32(31)47-27(3)11-8-9-20-46-33(25)23-38(6)34(41)12-10-19-37(4)5/h13-18,21,25-27,33,36,40H,8-12,19-20,22-24H2,1-7H3/t25-,26-,27+,33-/m0/s1. The van der Waals surface area contributed by atoms with Crippen molar-refractivity contribution in [2.24, 2.45) is 5.92 Å². The number of methoxy groups -OCH3 is 1. The zero-order valence-corrected chi connectivity index (χ0v) is 30.3. The zero-order chi connectivity index (χ0) is 35.4. The first kappa shape index (κ1) is 39.1. The number of likely N-dealkylation sites (N-methyl/N-ethyl adjacent to an activating group) is 1. The molecule has 1 heterocycles. The van der Waals surface area contributed by atoms with E-state index in [0.29, 0.717) is 37.5 Å². The number of hydrogen-bond acceptors (Lipinski definition) is 9. The summed E-state index contributed by atoms with van der Waals surface area (Å²) in [6, 6.07) is 10.1. The van der Waals surface area contributed by atoms with Crippen LogP contribution in [0.25, 0.3) is 0 Å². The van der Waals surface area contributed by atoms with Crippen molar-refractivity contribution >= 4 is 27.5 Å². The van der Waals surface area contributed by atoms with Crippen LogP contribution in [0, 0.1) is 5.92 Å². The highest BCUT2D eigenvalue weighted by Crippen LogP contribution is 2.30. The van der Waals surface area contributed by atoms with E-state index in [9.17, 15) is 23.1 Å². The van der Waals surface area contributed by atoms with Gasteiger partial charge < -0.3 is 34.0 Å². The average Bonchev–Trinajstić information content (AvgIpc) is 3.05. The summed E-state index contributed by atoms with van der Waals surface area (Å²) in [6.45, 7) is 7.29. The number of carbonyl (C=O) groups excluding carboxylic acids is 2. The number of ether oxygens (including phenoxy) is 3. The second kappa shape index (κ2) is 18.4. The molecule has 0 bridgehead atoms. The lowest BCUT2D eigenvalue weighted by Crippen LogP contribution is -2.48. The monoisotopic (exact) mass is 690 g/mol. The lowest BCUT2D eigenvalue weighted by molar-refractivity contribution is -0.132. The van der Waals surface area contributed by atoms with Gasteiger partial charge in [0.15, 0.2) is 0 Å². The van der Waals surface area contributed by atoms with E-state index in [1.807, 2.05) is 32.8 Å². The molecule has 4 atom stereocenters. The predicted molar refractivity (Wildman–Crippen MR) is 186 cm³/mol. The van der Waals surface area contributed by atoms with E-state index in [-0.39, 0.29) is 53.3 Å². The highest BCUT2D eigenvalue weighted by Gasteiger charge is 2.31. The Bertz CT molecular complexity index is 1440. The summed E-state index contributed by atoms with van der Waals surface area (Å²) in [5.41, 5.74) is 0.363. The van der Waals surface area contributed by atoms with E-state index in [4.69, 9.17) is 14.2 Å². The molecule has 2 aromatic rings. The number of carbonyl (C=O) groups is 2. The van der Waals surface area contributed by atoms with Crippen LogP contribution in [-0.4, -0.2) is 119 Å². The van der Waals surface area contributed by atoms with Crippen LogP contribution in [0.2, 0.25) is 0 Å². The Balaban J connectivity index is 1.93. The van der Waals surface area contributed by atoms with Gasteiger partial charge in [0.2, 0.25) is 5.91 Å². The third-order valence-corrected chi connectivity index (χ3v) is 9.95. The van der Waals surface area contributed by atoms with Crippen LogP contribution in [0.4, 0.5) is 5.69 Å². The fourth-order valence-electron chi connectivity index (χ4n) is 5.53. The van der Waals surface area contributed by atoms with Crippen LogP contribution in [0.5, 0.6) is 11.5 Å². The number of sulfonamides is 1. The van der Waals surface area contributed by atoms with Crippen LogP contribution in [-0.2, 0) is 19.6 Å². The maximum absolute atomic E-state index is 14.4. The molecule has 0 radical (unpaired) electrons. The number of aliphatic hydroxyl groups is 1. The lowest BCUT2D eigenvalue weighted by Gasteiger charge is -2.36. The zero-order valence-electron chi connectivity index (χ0n) is 29.5. The Morgan fingerprint density at radius 1 is 1.12 bits per heavy atom. The van der Waals surface area contributed by atoms with Crippen LogP contribution >= 0.6 is 0 Å². The molecule has 1 aliphatic rings. The van der Waals surface area contributed by atoms with Gasteiger partial charge in [-0.1, -0.05) is 6.92 Å². The molecule has 0 fully saturated rings. The van der Waals surface area contributed by atoms with Gasteiger partial charge in [-0.25, -0.2) is 8.42 Å². The molecule has 13 heteroatoms. The van der Waals surface area contributed by atoms with Crippen LogP contribution in [0.3, 0.4) is 0 Å². The second-order valence-corrected chi connectivity index (χ2v) is 14.7. The first-order valence-electron chi connectivity index (χ1n) is 16.6. The second-order valence-electron chi connectivity index (χ2n) is 13.0. The molecule has 2 aromatic carbocycles. The smallest absolute Gasteiger partial charge is 0.261 e. The van der Waals surface area contributed by atoms with Gasteiger partial charge >= 0.3 is 0 Å². The first-order chi connectivity index (χ1) is 22.7. The third-order valence-electron chi connectivity index (χ3n) is 8.55. The van der Waals surface area contributed by atoms with Crippen molar-refractivity contribution in [1.29, 1.82) is 0 Å². The maximum Gasteiger partial charge on any atom is 0.261 e. The van der Waals surface area contributed by atoms with Crippen molar-refractivity contribution in [3.63, 3.8) is 0 Å². The molecule has 0 unspecified atom stereocenters. The molecular weight excluding hydrogens is 636 g/mol. The third kappa shape index (κ3) is 11.4. The Kier molecular flexibility index (Phi) is 15.0. The quantitative estimate of drug-likeness (QED) is 0.337. The SMILES string of the molecule is COc1ccc(S(=O)(=O)Nc2ccc3c(c2)C(=O)N([C@@H](C)CO)C[C@H](C)[C@H](CN(C)C(=O)CCCN(C)C)OCCCC[C@@H](C)O3)cc1. The minimum absolute atomic E-state index is 0.0354. The molecule has 268 valence electrons. The van der Waals surface area contributed by atoms with E-state index in [1.165, 1.54) is 25.3 Å². The molecule has 2 N–H and O–H groups in total. The van der Waals surface area contributed by atoms with Crippen LogP contribution < -0.4 is 14.2 Å². The molecule has 2 amide bonds. The molecule has 0 aromatic heterocycles. The number of hydrogen-bond donors (Lipinski definition) is 2. The van der Waals surface area contributed by atoms with E-state index in [2.05, 4.69) is 4.72 Å². The Labute approximate surface area is 286 Å². The molecule has 0 saturated carbocycles. The summed E-state index contributed by atoms with van der Waals surface area (Å²) in [5.74, 6) is 0.266. The van der Waals surface area contributed by atoms with E-state index >= 15 is 0 Å². The highest BCUT2D eigenvalue weighted by atomic mass is 32.2. The van der Waals surface area contributed by atoms with Gasteiger partial charge in [-0.3, -0.25) is 14.3 Å². The van der Waals surface area contributed by atoms with E-state index in [0.717, 1.165) is 25.8 Å². The molecule has 3 rings (SSSR count).